The number of fused-ring (bicyclic) bond motifs is 2. The van der Waals surface area contributed by atoms with E-state index in [4.69, 9.17) is 4.98 Å². The van der Waals surface area contributed by atoms with Crippen LogP contribution in [0.5, 0.6) is 0 Å². The van der Waals surface area contributed by atoms with Gasteiger partial charge in [-0.15, -0.1) is 0 Å². The monoisotopic (exact) mass is 410 g/mol. The predicted molar refractivity (Wildman–Crippen MR) is 123 cm³/mol. The molecule has 1 amide bonds. The Kier molecular flexibility index (Phi) is 5.02. The Hall–Kier alpha value is -3.47. The van der Waals surface area contributed by atoms with Gasteiger partial charge in [-0.05, 0) is 56.4 Å². The Labute approximate surface area is 182 Å². The molecule has 5 nitrogen and oxygen atoms in total. The van der Waals surface area contributed by atoms with Crippen molar-refractivity contribution in [2.45, 2.75) is 45.7 Å². The van der Waals surface area contributed by atoms with E-state index in [0.717, 1.165) is 53.7 Å². The molecule has 0 bridgehead atoms. The van der Waals surface area contributed by atoms with E-state index in [1.807, 2.05) is 48.1 Å². The molecule has 5 rings (SSSR count). The number of carbonyl (C=O) groups excluding carboxylic acids is 1. The number of nitrogens with zero attached hydrogens (tertiary/aromatic N) is 3. The van der Waals surface area contributed by atoms with Gasteiger partial charge in [0.15, 0.2) is 0 Å². The Morgan fingerprint density at radius 2 is 1.97 bits per heavy atom. The summed E-state index contributed by atoms with van der Waals surface area (Å²) in [7, 11) is 0. The van der Waals surface area contributed by atoms with Crippen molar-refractivity contribution in [3.63, 3.8) is 0 Å². The van der Waals surface area contributed by atoms with Crippen molar-refractivity contribution >= 4 is 16.8 Å². The quantitative estimate of drug-likeness (QED) is 0.501. The van der Waals surface area contributed by atoms with Crippen molar-refractivity contribution in [1.82, 2.24) is 20.1 Å². The first kappa shape index (κ1) is 19.5. The number of benzene rings is 2. The van der Waals surface area contributed by atoms with E-state index in [9.17, 15) is 4.79 Å². The average Bonchev–Trinajstić information content (AvgIpc) is 3.19. The van der Waals surface area contributed by atoms with Crippen LogP contribution in [-0.2, 0) is 13.0 Å². The maximum absolute atomic E-state index is 13.5. The van der Waals surface area contributed by atoms with E-state index in [-0.39, 0.29) is 11.9 Å². The third-order valence-electron chi connectivity index (χ3n) is 6.18. The van der Waals surface area contributed by atoms with Gasteiger partial charge in [-0.25, -0.2) is 4.98 Å². The summed E-state index contributed by atoms with van der Waals surface area (Å²) in [5.74, 6) is -0.0536. The normalized spacial score (nSPS) is 15.6. The Morgan fingerprint density at radius 1 is 1.16 bits per heavy atom. The van der Waals surface area contributed by atoms with E-state index < -0.39 is 0 Å². The van der Waals surface area contributed by atoms with Gasteiger partial charge in [0.25, 0.3) is 5.91 Å². The molecule has 0 aliphatic heterocycles. The topological polar surface area (TPSA) is 59.8 Å². The first-order chi connectivity index (χ1) is 15.1. The predicted octanol–water partition coefficient (Wildman–Crippen LogP) is 5.23. The number of aryl methyl sites for hydroxylation is 3. The first-order valence-corrected chi connectivity index (χ1v) is 11.0. The number of rotatable bonds is 4. The minimum atomic E-state index is -0.0536. The molecule has 4 aromatic rings. The van der Waals surface area contributed by atoms with E-state index in [1.165, 1.54) is 11.1 Å². The summed E-state index contributed by atoms with van der Waals surface area (Å²) in [6, 6.07) is 18.2. The van der Waals surface area contributed by atoms with Gasteiger partial charge in [-0.2, -0.15) is 5.10 Å². The van der Waals surface area contributed by atoms with Gasteiger partial charge >= 0.3 is 0 Å². The van der Waals surface area contributed by atoms with Crippen molar-refractivity contribution in [3.8, 4) is 11.3 Å². The van der Waals surface area contributed by atoms with Crippen molar-refractivity contribution in [1.29, 1.82) is 0 Å². The van der Waals surface area contributed by atoms with Gasteiger partial charge in [0.2, 0.25) is 0 Å². The van der Waals surface area contributed by atoms with E-state index in [2.05, 4.69) is 41.6 Å². The number of carbonyl (C=O) groups is 1. The third-order valence-corrected chi connectivity index (χ3v) is 6.18. The van der Waals surface area contributed by atoms with Crippen LogP contribution in [0, 0.1) is 6.92 Å². The third kappa shape index (κ3) is 3.61. The molecule has 1 atom stereocenters. The lowest BCUT2D eigenvalue weighted by Crippen LogP contribution is -2.31. The van der Waals surface area contributed by atoms with Gasteiger partial charge in [0, 0.05) is 23.7 Å². The van der Waals surface area contributed by atoms with Crippen LogP contribution in [-0.4, -0.2) is 20.7 Å². The number of para-hydroxylation sites is 1. The summed E-state index contributed by atoms with van der Waals surface area (Å²) < 4.78 is 1.90. The molecule has 2 heterocycles. The van der Waals surface area contributed by atoms with E-state index in [0.29, 0.717) is 5.56 Å². The zero-order valence-corrected chi connectivity index (χ0v) is 17.9. The van der Waals surface area contributed by atoms with Crippen LogP contribution in [0.25, 0.3) is 22.2 Å². The second-order valence-corrected chi connectivity index (χ2v) is 8.17. The lowest BCUT2D eigenvalue weighted by molar-refractivity contribution is 0.0934. The molecule has 5 heteroatoms. The zero-order valence-electron chi connectivity index (χ0n) is 17.9. The largest absolute Gasteiger partial charge is 0.345 e. The van der Waals surface area contributed by atoms with Crippen LogP contribution >= 0.6 is 0 Å². The van der Waals surface area contributed by atoms with Crippen LogP contribution in [0.1, 0.15) is 53.0 Å². The number of nitrogens with one attached hydrogen (secondary N) is 1. The number of amides is 1. The fourth-order valence-electron chi connectivity index (χ4n) is 4.57. The fourth-order valence-corrected chi connectivity index (χ4v) is 4.57. The summed E-state index contributed by atoms with van der Waals surface area (Å²) >= 11 is 0. The summed E-state index contributed by atoms with van der Waals surface area (Å²) in [5, 5.41) is 8.73. The fraction of sp³-hybridized carbons (Fsp3) is 0.269. The Morgan fingerprint density at radius 3 is 2.81 bits per heavy atom. The van der Waals surface area contributed by atoms with Crippen LogP contribution < -0.4 is 5.32 Å². The van der Waals surface area contributed by atoms with Crippen LogP contribution in [0.15, 0.2) is 60.8 Å². The molecule has 0 fully saturated rings. The van der Waals surface area contributed by atoms with Gasteiger partial charge in [-0.3, -0.25) is 9.48 Å². The minimum absolute atomic E-state index is 0.0393. The highest BCUT2D eigenvalue weighted by atomic mass is 16.1. The summed E-state index contributed by atoms with van der Waals surface area (Å²) in [5.41, 5.74) is 6.71. The highest BCUT2D eigenvalue weighted by Gasteiger charge is 2.23. The van der Waals surface area contributed by atoms with E-state index >= 15 is 0 Å². The lowest BCUT2D eigenvalue weighted by Gasteiger charge is -2.26. The SMILES string of the molecule is CCn1cc(-c2cc(C(=O)N[C@@H]3CCCc4ccccc43)c3ccccc3n2)c(C)n1. The first-order valence-electron chi connectivity index (χ1n) is 11.0. The molecule has 1 N–H and O–H groups in total. The summed E-state index contributed by atoms with van der Waals surface area (Å²) in [4.78, 5) is 18.4. The number of hydrogen-bond donors (Lipinski definition) is 1. The highest BCUT2D eigenvalue weighted by Crippen LogP contribution is 2.31. The van der Waals surface area contributed by atoms with E-state index in [1.54, 1.807) is 0 Å². The average molecular weight is 411 g/mol. The molecule has 0 saturated heterocycles. The molecule has 0 unspecified atom stereocenters. The molecule has 0 saturated carbocycles. The van der Waals surface area contributed by atoms with Crippen molar-refractivity contribution in [2.24, 2.45) is 0 Å². The maximum atomic E-state index is 13.5. The van der Waals surface area contributed by atoms with Crippen molar-refractivity contribution in [2.75, 3.05) is 0 Å². The molecular weight excluding hydrogens is 384 g/mol. The van der Waals surface area contributed by atoms with Crippen molar-refractivity contribution in [3.05, 3.63) is 83.2 Å². The van der Waals surface area contributed by atoms with Crippen LogP contribution in [0.2, 0.25) is 0 Å². The lowest BCUT2D eigenvalue weighted by atomic mass is 9.87. The molecular formula is C26H26N4O. The second-order valence-electron chi connectivity index (χ2n) is 8.17. The van der Waals surface area contributed by atoms with Crippen LogP contribution in [0.3, 0.4) is 0 Å². The smallest absolute Gasteiger partial charge is 0.252 e. The molecule has 2 aromatic carbocycles. The van der Waals surface area contributed by atoms with Crippen molar-refractivity contribution < 1.29 is 4.79 Å². The summed E-state index contributed by atoms with van der Waals surface area (Å²) in [6.07, 6.45) is 5.12. The van der Waals surface area contributed by atoms with Gasteiger partial charge in [0.1, 0.15) is 0 Å². The van der Waals surface area contributed by atoms with Crippen LogP contribution in [0.4, 0.5) is 0 Å². The van der Waals surface area contributed by atoms with Gasteiger partial charge < -0.3 is 5.32 Å². The highest BCUT2D eigenvalue weighted by molar-refractivity contribution is 6.07. The Balaban J connectivity index is 1.56. The molecule has 0 spiro atoms. The van der Waals surface area contributed by atoms with Gasteiger partial charge in [-0.1, -0.05) is 42.5 Å². The number of aromatic nitrogens is 3. The molecule has 0 radical (unpaired) electrons. The zero-order chi connectivity index (χ0) is 21.4. The summed E-state index contributed by atoms with van der Waals surface area (Å²) in [6.45, 7) is 4.84. The number of hydrogen-bond acceptors (Lipinski definition) is 3. The Bertz CT molecular complexity index is 1270. The van der Waals surface area contributed by atoms with Gasteiger partial charge in [0.05, 0.1) is 28.5 Å². The standard InChI is InChI=1S/C26H26N4O/c1-3-30-16-22(17(2)29-30)25-15-21(20-12-6-7-13-24(20)27-25)26(31)28-23-14-8-10-18-9-4-5-11-19(18)23/h4-7,9,11-13,15-16,23H,3,8,10,14H2,1-2H3,(H,28,31)/t23-/m1/s1. The number of pyridine rings is 1. The molecule has 156 valence electrons. The second kappa shape index (κ2) is 7.99. The molecule has 31 heavy (non-hydrogen) atoms. The molecule has 1 aliphatic carbocycles. The maximum Gasteiger partial charge on any atom is 0.252 e. The molecule has 1 aliphatic rings. The molecule has 2 aromatic heterocycles. The minimum Gasteiger partial charge on any atom is -0.345 e.